The van der Waals surface area contributed by atoms with Crippen molar-refractivity contribution >= 4 is 27.2 Å². The predicted octanol–water partition coefficient (Wildman–Crippen LogP) is 6.59. The van der Waals surface area contributed by atoms with Crippen molar-refractivity contribution in [1.29, 1.82) is 0 Å². The van der Waals surface area contributed by atoms with E-state index in [9.17, 15) is 13.2 Å². The number of hydrogen-bond donors (Lipinski definition) is 1. The van der Waals surface area contributed by atoms with E-state index in [4.69, 9.17) is 0 Å². The van der Waals surface area contributed by atoms with E-state index in [0.29, 0.717) is 6.54 Å². The molecule has 27 heavy (non-hydrogen) atoms. The zero-order valence-corrected chi connectivity index (χ0v) is 14.9. The molecule has 0 fully saturated rings. The second-order valence-corrected chi connectivity index (χ2v) is 7.15. The van der Waals surface area contributed by atoms with E-state index >= 15 is 0 Å². The van der Waals surface area contributed by atoms with Gasteiger partial charge in [0.05, 0.1) is 15.8 Å². The lowest BCUT2D eigenvalue weighted by molar-refractivity contribution is -0.137. The van der Waals surface area contributed by atoms with Gasteiger partial charge in [0.2, 0.25) is 0 Å². The molecule has 3 aromatic carbocycles. The van der Waals surface area contributed by atoms with Crippen LogP contribution in [0.2, 0.25) is 0 Å². The molecule has 0 spiro atoms. The predicted molar refractivity (Wildman–Crippen MR) is 104 cm³/mol. The average molecular weight is 384 g/mol. The molecule has 0 saturated heterocycles. The van der Waals surface area contributed by atoms with Crippen LogP contribution in [0.15, 0.2) is 72.8 Å². The van der Waals surface area contributed by atoms with E-state index < -0.39 is 11.7 Å². The number of benzene rings is 3. The molecule has 0 radical (unpaired) electrons. The molecule has 2 nitrogen and oxygen atoms in total. The first-order valence-corrected chi connectivity index (χ1v) is 9.17. The summed E-state index contributed by atoms with van der Waals surface area (Å²) in [7, 11) is 0. The maximum Gasteiger partial charge on any atom is 0.416 e. The Morgan fingerprint density at radius 3 is 2.41 bits per heavy atom. The Balaban J connectivity index is 1.49. The van der Waals surface area contributed by atoms with Crippen molar-refractivity contribution in [3.63, 3.8) is 0 Å². The highest BCUT2D eigenvalue weighted by Crippen LogP contribution is 2.31. The van der Waals surface area contributed by atoms with Crippen LogP contribution in [-0.4, -0.2) is 4.98 Å². The Hall–Kier alpha value is -2.86. The second kappa shape index (κ2) is 7.04. The molecule has 4 aromatic rings. The molecule has 0 amide bonds. The summed E-state index contributed by atoms with van der Waals surface area (Å²) in [6.07, 6.45) is -4.31. The van der Waals surface area contributed by atoms with Crippen LogP contribution in [0.5, 0.6) is 0 Å². The van der Waals surface area contributed by atoms with E-state index in [2.05, 4.69) is 10.3 Å². The Kier molecular flexibility index (Phi) is 4.58. The minimum Gasteiger partial charge on any atom is -0.381 e. The number of hydrogen-bond acceptors (Lipinski definition) is 3. The number of thiazole rings is 1. The lowest BCUT2D eigenvalue weighted by Crippen LogP contribution is -2.05. The van der Waals surface area contributed by atoms with Crippen LogP contribution in [0.25, 0.3) is 20.8 Å². The SMILES string of the molecule is FC(F)(F)c1ccc(CNc2cccc(-c3nc4ccccc4s3)c2)cc1. The first-order valence-electron chi connectivity index (χ1n) is 8.35. The van der Waals surface area contributed by atoms with E-state index in [1.54, 1.807) is 11.3 Å². The quantitative estimate of drug-likeness (QED) is 0.429. The fraction of sp³-hybridized carbons (Fsp3) is 0.0952. The van der Waals surface area contributed by atoms with Crippen LogP contribution in [0, 0.1) is 0 Å². The van der Waals surface area contributed by atoms with Crippen LogP contribution in [0.1, 0.15) is 11.1 Å². The van der Waals surface area contributed by atoms with Gasteiger partial charge in [-0.2, -0.15) is 13.2 Å². The van der Waals surface area contributed by atoms with E-state index in [-0.39, 0.29) is 0 Å². The third kappa shape index (κ3) is 3.95. The van der Waals surface area contributed by atoms with Crippen LogP contribution >= 0.6 is 11.3 Å². The maximum atomic E-state index is 12.6. The van der Waals surface area contributed by atoms with Crippen molar-refractivity contribution in [2.24, 2.45) is 0 Å². The standard InChI is InChI=1S/C21H15F3N2S/c22-21(23,24)16-10-8-14(9-11-16)13-25-17-5-3-4-15(12-17)20-26-18-6-1-2-7-19(18)27-20/h1-12,25H,13H2. The Morgan fingerprint density at radius 2 is 1.67 bits per heavy atom. The van der Waals surface area contributed by atoms with Crippen molar-refractivity contribution in [3.8, 4) is 10.6 Å². The number of rotatable bonds is 4. The number of nitrogens with one attached hydrogen (secondary N) is 1. The molecule has 1 heterocycles. The number of alkyl halides is 3. The Labute approximate surface area is 158 Å². The molecule has 0 aliphatic rings. The summed E-state index contributed by atoms with van der Waals surface area (Å²) < 4.78 is 39.0. The van der Waals surface area contributed by atoms with Gasteiger partial charge in [0.25, 0.3) is 0 Å². The molecule has 0 atom stereocenters. The monoisotopic (exact) mass is 384 g/mol. The van der Waals surface area contributed by atoms with Gasteiger partial charge in [0.1, 0.15) is 5.01 Å². The Bertz CT molecular complexity index is 1040. The smallest absolute Gasteiger partial charge is 0.381 e. The molecule has 0 bridgehead atoms. The number of nitrogens with zero attached hydrogens (tertiary/aromatic N) is 1. The third-order valence-electron chi connectivity index (χ3n) is 4.18. The van der Waals surface area contributed by atoms with Gasteiger partial charge in [-0.3, -0.25) is 0 Å². The minimum absolute atomic E-state index is 0.446. The summed E-state index contributed by atoms with van der Waals surface area (Å²) >= 11 is 1.63. The highest BCUT2D eigenvalue weighted by Gasteiger charge is 2.29. The lowest BCUT2D eigenvalue weighted by atomic mass is 10.1. The van der Waals surface area contributed by atoms with E-state index in [1.807, 2.05) is 48.5 Å². The van der Waals surface area contributed by atoms with Crippen LogP contribution < -0.4 is 5.32 Å². The molecule has 0 saturated carbocycles. The van der Waals surface area contributed by atoms with Gasteiger partial charge in [0.15, 0.2) is 0 Å². The summed E-state index contributed by atoms with van der Waals surface area (Å²) in [5.41, 5.74) is 3.03. The highest BCUT2D eigenvalue weighted by atomic mass is 32.1. The largest absolute Gasteiger partial charge is 0.416 e. The van der Waals surface area contributed by atoms with Crippen LogP contribution in [-0.2, 0) is 12.7 Å². The molecule has 0 unspecified atom stereocenters. The van der Waals surface area contributed by atoms with Crippen LogP contribution in [0.3, 0.4) is 0 Å². The molecule has 6 heteroatoms. The normalized spacial score (nSPS) is 11.7. The summed E-state index contributed by atoms with van der Waals surface area (Å²) in [5, 5.41) is 4.20. The van der Waals surface area contributed by atoms with Crippen molar-refractivity contribution in [2.75, 3.05) is 5.32 Å². The van der Waals surface area contributed by atoms with Gasteiger partial charge in [-0.05, 0) is 42.0 Å². The molecular formula is C21H15F3N2S. The first kappa shape index (κ1) is 17.5. The average Bonchev–Trinajstić information content (AvgIpc) is 3.11. The number of halogens is 3. The lowest BCUT2D eigenvalue weighted by Gasteiger charge is -2.10. The van der Waals surface area contributed by atoms with Gasteiger partial charge in [-0.15, -0.1) is 11.3 Å². The van der Waals surface area contributed by atoms with Crippen molar-refractivity contribution in [2.45, 2.75) is 12.7 Å². The van der Waals surface area contributed by atoms with E-state index in [0.717, 1.165) is 44.2 Å². The zero-order valence-electron chi connectivity index (χ0n) is 14.1. The number of para-hydroxylation sites is 1. The van der Waals surface area contributed by atoms with Crippen molar-refractivity contribution < 1.29 is 13.2 Å². The summed E-state index contributed by atoms with van der Waals surface area (Å²) in [4.78, 5) is 4.66. The number of fused-ring (bicyclic) bond motifs is 1. The summed E-state index contributed by atoms with van der Waals surface area (Å²) in [5.74, 6) is 0. The summed E-state index contributed by atoms with van der Waals surface area (Å²) in [6, 6.07) is 21.1. The molecular weight excluding hydrogens is 369 g/mol. The zero-order chi connectivity index (χ0) is 18.9. The third-order valence-corrected chi connectivity index (χ3v) is 5.27. The molecule has 1 N–H and O–H groups in total. The molecule has 0 aliphatic carbocycles. The topological polar surface area (TPSA) is 24.9 Å². The second-order valence-electron chi connectivity index (χ2n) is 6.12. The molecule has 4 rings (SSSR count). The van der Waals surface area contributed by atoms with Crippen molar-refractivity contribution in [3.05, 3.63) is 83.9 Å². The number of anilines is 1. The van der Waals surface area contributed by atoms with Gasteiger partial charge in [0, 0.05) is 17.8 Å². The maximum absolute atomic E-state index is 12.6. The molecule has 136 valence electrons. The fourth-order valence-corrected chi connectivity index (χ4v) is 3.74. The minimum atomic E-state index is -4.31. The molecule has 0 aliphatic heterocycles. The van der Waals surface area contributed by atoms with E-state index in [1.165, 1.54) is 12.1 Å². The van der Waals surface area contributed by atoms with Gasteiger partial charge in [-0.25, -0.2) is 4.98 Å². The first-order chi connectivity index (χ1) is 13.0. The molecule has 1 aromatic heterocycles. The summed E-state index contributed by atoms with van der Waals surface area (Å²) in [6.45, 7) is 0.446. The fourth-order valence-electron chi connectivity index (χ4n) is 2.77. The van der Waals surface area contributed by atoms with Gasteiger partial charge < -0.3 is 5.32 Å². The van der Waals surface area contributed by atoms with Gasteiger partial charge >= 0.3 is 6.18 Å². The number of aromatic nitrogens is 1. The Morgan fingerprint density at radius 1 is 0.889 bits per heavy atom. The van der Waals surface area contributed by atoms with Crippen LogP contribution in [0.4, 0.5) is 18.9 Å². The highest BCUT2D eigenvalue weighted by molar-refractivity contribution is 7.21. The van der Waals surface area contributed by atoms with Gasteiger partial charge in [-0.1, -0.05) is 36.4 Å². The van der Waals surface area contributed by atoms with Crippen molar-refractivity contribution in [1.82, 2.24) is 4.98 Å².